The second-order valence-corrected chi connectivity index (χ2v) is 4.54. The zero-order chi connectivity index (χ0) is 12.3. The summed E-state index contributed by atoms with van der Waals surface area (Å²) in [7, 11) is 1.65. The van der Waals surface area contributed by atoms with Crippen LogP contribution in [0.3, 0.4) is 0 Å². The third-order valence-corrected chi connectivity index (χ3v) is 3.16. The van der Waals surface area contributed by atoms with Gasteiger partial charge in [-0.1, -0.05) is 5.16 Å². The van der Waals surface area contributed by atoms with Crippen LogP contribution in [0.1, 0.15) is 17.8 Å². The van der Waals surface area contributed by atoms with Crippen LogP contribution >= 0.6 is 11.3 Å². The SMILES string of the molecule is COC(C)Cc1noc(-c2csc(CN)n2)n1. The molecule has 2 heterocycles. The van der Waals surface area contributed by atoms with Crippen LogP contribution in [-0.2, 0) is 17.7 Å². The smallest absolute Gasteiger partial charge is 0.277 e. The summed E-state index contributed by atoms with van der Waals surface area (Å²) < 4.78 is 10.3. The molecular weight excluding hydrogens is 240 g/mol. The van der Waals surface area contributed by atoms with Gasteiger partial charge in [-0.2, -0.15) is 4.98 Å². The van der Waals surface area contributed by atoms with E-state index in [1.54, 1.807) is 7.11 Å². The molecule has 0 spiro atoms. The molecule has 2 aromatic heterocycles. The summed E-state index contributed by atoms with van der Waals surface area (Å²) in [5.74, 6) is 1.05. The third kappa shape index (κ3) is 2.87. The number of ether oxygens (including phenoxy) is 1. The molecular formula is C10H14N4O2S. The van der Waals surface area contributed by atoms with Gasteiger partial charge in [-0.15, -0.1) is 11.3 Å². The highest BCUT2D eigenvalue weighted by atomic mass is 32.1. The molecule has 0 aliphatic heterocycles. The van der Waals surface area contributed by atoms with E-state index in [0.29, 0.717) is 30.4 Å². The van der Waals surface area contributed by atoms with Gasteiger partial charge in [0.05, 0.1) is 6.10 Å². The minimum absolute atomic E-state index is 0.0653. The lowest BCUT2D eigenvalue weighted by atomic mass is 10.3. The number of thiazole rings is 1. The van der Waals surface area contributed by atoms with Crippen molar-refractivity contribution in [2.45, 2.75) is 26.0 Å². The average molecular weight is 254 g/mol. The summed E-state index contributed by atoms with van der Waals surface area (Å²) in [4.78, 5) is 8.54. The number of methoxy groups -OCH3 is 1. The maximum Gasteiger partial charge on any atom is 0.277 e. The van der Waals surface area contributed by atoms with Crippen LogP contribution in [0.15, 0.2) is 9.90 Å². The molecule has 7 heteroatoms. The summed E-state index contributed by atoms with van der Waals surface area (Å²) in [5.41, 5.74) is 6.17. The Morgan fingerprint density at radius 2 is 2.35 bits per heavy atom. The van der Waals surface area contributed by atoms with E-state index in [2.05, 4.69) is 15.1 Å². The predicted molar refractivity (Wildman–Crippen MR) is 63.5 cm³/mol. The largest absolute Gasteiger partial charge is 0.381 e. The molecule has 1 unspecified atom stereocenters. The first kappa shape index (κ1) is 12.2. The van der Waals surface area contributed by atoms with Gasteiger partial charge in [0.2, 0.25) is 0 Å². The van der Waals surface area contributed by atoms with Crippen molar-refractivity contribution < 1.29 is 9.26 Å². The highest BCUT2D eigenvalue weighted by Crippen LogP contribution is 2.20. The monoisotopic (exact) mass is 254 g/mol. The van der Waals surface area contributed by atoms with Crippen molar-refractivity contribution in [2.24, 2.45) is 5.73 Å². The van der Waals surface area contributed by atoms with E-state index in [1.807, 2.05) is 12.3 Å². The molecule has 0 saturated carbocycles. The molecule has 0 aromatic carbocycles. The number of nitrogens with zero attached hydrogens (tertiary/aromatic N) is 3. The van der Waals surface area contributed by atoms with Crippen LogP contribution in [0.5, 0.6) is 0 Å². The summed E-state index contributed by atoms with van der Waals surface area (Å²) in [5, 5.41) is 6.60. The first-order valence-electron chi connectivity index (χ1n) is 5.23. The minimum Gasteiger partial charge on any atom is -0.381 e. The van der Waals surface area contributed by atoms with E-state index in [0.717, 1.165) is 5.01 Å². The Hall–Kier alpha value is -1.31. The lowest BCUT2D eigenvalue weighted by molar-refractivity contribution is 0.116. The normalized spacial score (nSPS) is 12.9. The van der Waals surface area contributed by atoms with Gasteiger partial charge in [-0.05, 0) is 6.92 Å². The maximum atomic E-state index is 5.50. The van der Waals surface area contributed by atoms with Crippen molar-refractivity contribution in [3.05, 3.63) is 16.2 Å². The van der Waals surface area contributed by atoms with Crippen molar-refractivity contribution in [1.29, 1.82) is 0 Å². The van der Waals surface area contributed by atoms with Gasteiger partial charge in [0.25, 0.3) is 5.89 Å². The second kappa shape index (κ2) is 5.35. The van der Waals surface area contributed by atoms with E-state index >= 15 is 0 Å². The summed E-state index contributed by atoms with van der Waals surface area (Å²) >= 11 is 1.48. The Morgan fingerprint density at radius 3 is 3.00 bits per heavy atom. The van der Waals surface area contributed by atoms with Crippen molar-refractivity contribution in [3.63, 3.8) is 0 Å². The van der Waals surface area contributed by atoms with Crippen LogP contribution in [0, 0.1) is 0 Å². The van der Waals surface area contributed by atoms with Gasteiger partial charge in [0, 0.05) is 25.5 Å². The fourth-order valence-corrected chi connectivity index (χ4v) is 1.93. The molecule has 0 bridgehead atoms. The Kier molecular flexibility index (Phi) is 3.82. The molecule has 0 saturated heterocycles. The van der Waals surface area contributed by atoms with Crippen molar-refractivity contribution in [2.75, 3.05) is 7.11 Å². The fraction of sp³-hybridized carbons (Fsp3) is 0.500. The lowest BCUT2D eigenvalue weighted by Crippen LogP contribution is -2.09. The number of rotatable bonds is 5. The van der Waals surface area contributed by atoms with Gasteiger partial charge in [-0.25, -0.2) is 4.98 Å². The molecule has 0 fully saturated rings. The molecule has 2 N–H and O–H groups in total. The van der Waals surface area contributed by atoms with E-state index in [-0.39, 0.29) is 6.10 Å². The zero-order valence-corrected chi connectivity index (χ0v) is 10.5. The first-order chi connectivity index (χ1) is 8.22. The van der Waals surface area contributed by atoms with Gasteiger partial charge < -0.3 is 15.0 Å². The van der Waals surface area contributed by atoms with Crippen molar-refractivity contribution >= 4 is 11.3 Å². The number of nitrogens with two attached hydrogens (primary N) is 1. The Bertz CT molecular complexity index is 482. The topological polar surface area (TPSA) is 87.1 Å². The lowest BCUT2D eigenvalue weighted by Gasteiger charge is -2.03. The van der Waals surface area contributed by atoms with Crippen LogP contribution < -0.4 is 5.73 Å². The van der Waals surface area contributed by atoms with Gasteiger partial charge in [-0.3, -0.25) is 0 Å². The second-order valence-electron chi connectivity index (χ2n) is 3.60. The molecule has 0 aliphatic carbocycles. The third-order valence-electron chi connectivity index (χ3n) is 2.29. The number of aromatic nitrogens is 3. The Balaban J connectivity index is 2.12. The van der Waals surface area contributed by atoms with Crippen LogP contribution in [0.25, 0.3) is 11.6 Å². The van der Waals surface area contributed by atoms with Crippen LogP contribution in [0.4, 0.5) is 0 Å². The Morgan fingerprint density at radius 1 is 1.53 bits per heavy atom. The van der Waals surface area contributed by atoms with Gasteiger partial charge >= 0.3 is 0 Å². The average Bonchev–Trinajstić information content (AvgIpc) is 2.96. The predicted octanol–water partition coefficient (Wildman–Crippen LogP) is 1.23. The van der Waals surface area contributed by atoms with Gasteiger partial charge in [0.15, 0.2) is 5.82 Å². The van der Waals surface area contributed by atoms with Crippen molar-refractivity contribution in [3.8, 4) is 11.6 Å². The molecule has 1 atom stereocenters. The van der Waals surface area contributed by atoms with Crippen molar-refractivity contribution in [1.82, 2.24) is 15.1 Å². The van der Waals surface area contributed by atoms with Crippen LogP contribution in [0.2, 0.25) is 0 Å². The molecule has 2 aromatic rings. The fourth-order valence-electron chi connectivity index (χ4n) is 1.28. The minimum atomic E-state index is 0.0653. The molecule has 6 nitrogen and oxygen atoms in total. The summed E-state index contributed by atoms with van der Waals surface area (Å²) in [6.07, 6.45) is 0.684. The molecule has 0 amide bonds. The zero-order valence-electron chi connectivity index (χ0n) is 9.71. The summed E-state index contributed by atoms with van der Waals surface area (Å²) in [6, 6.07) is 0. The molecule has 2 rings (SSSR count). The molecule has 0 radical (unpaired) electrons. The number of hydrogen-bond donors (Lipinski definition) is 1. The Labute approximate surface area is 103 Å². The van der Waals surface area contributed by atoms with E-state index in [9.17, 15) is 0 Å². The van der Waals surface area contributed by atoms with E-state index in [4.69, 9.17) is 15.0 Å². The van der Waals surface area contributed by atoms with Gasteiger partial charge in [0.1, 0.15) is 10.7 Å². The molecule has 0 aliphatic rings. The quantitative estimate of drug-likeness (QED) is 0.863. The number of hydrogen-bond acceptors (Lipinski definition) is 7. The summed E-state index contributed by atoms with van der Waals surface area (Å²) in [6.45, 7) is 2.37. The van der Waals surface area contributed by atoms with Crippen LogP contribution in [-0.4, -0.2) is 28.3 Å². The highest BCUT2D eigenvalue weighted by molar-refractivity contribution is 7.09. The molecule has 17 heavy (non-hydrogen) atoms. The molecule has 92 valence electrons. The van der Waals surface area contributed by atoms with E-state index in [1.165, 1.54) is 11.3 Å². The standard InChI is InChI=1S/C10H14N4O2S/c1-6(15-2)3-8-13-10(16-14-8)7-5-17-9(4-11)12-7/h5-6H,3-4,11H2,1-2H3. The maximum absolute atomic E-state index is 5.50. The highest BCUT2D eigenvalue weighted by Gasteiger charge is 2.13. The van der Waals surface area contributed by atoms with E-state index < -0.39 is 0 Å². The first-order valence-corrected chi connectivity index (χ1v) is 6.11.